The highest BCUT2D eigenvalue weighted by molar-refractivity contribution is 8.77. The average Bonchev–Trinajstić information content (AvgIpc) is 2.41. The van der Waals surface area contributed by atoms with Gasteiger partial charge in [0.15, 0.2) is 0 Å². The van der Waals surface area contributed by atoms with Crippen molar-refractivity contribution in [1.82, 2.24) is 10.6 Å². The lowest BCUT2D eigenvalue weighted by molar-refractivity contribution is -0.145. The van der Waals surface area contributed by atoms with E-state index in [2.05, 4.69) is 10.6 Å². The molecule has 8 nitrogen and oxygen atoms in total. The number of carbonyl (C=O) groups is 4. The molecular weight excluding hydrogens is 344 g/mol. The summed E-state index contributed by atoms with van der Waals surface area (Å²) in [6.07, 6.45) is 0. The van der Waals surface area contributed by atoms with Crippen molar-refractivity contribution < 1.29 is 29.0 Å². The first-order valence-corrected chi connectivity index (χ1v) is 8.98. The van der Waals surface area contributed by atoms with Crippen LogP contribution in [-0.2, 0) is 23.9 Å². The summed E-state index contributed by atoms with van der Waals surface area (Å²) in [7, 11) is 3.64. The van der Waals surface area contributed by atoms with Crippen LogP contribution in [0.4, 0.5) is 0 Å². The van der Waals surface area contributed by atoms with E-state index in [0.29, 0.717) is 0 Å². The highest BCUT2D eigenvalue weighted by Crippen LogP contribution is 2.38. The highest BCUT2D eigenvalue weighted by atomic mass is 33.1. The number of hydrogen-bond donors (Lipinski definition) is 3. The third kappa shape index (κ3) is 8.12. The molecule has 3 N–H and O–H groups in total. The van der Waals surface area contributed by atoms with Crippen LogP contribution in [-0.4, -0.2) is 58.6 Å². The first-order valence-electron chi connectivity index (χ1n) is 6.66. The van der Waals surface area contributed by atoms with Gasteiger partial charge in [-0.15, -0.1) is 0 Å². The molecule has 0 heterocycles. The largest absolute Gasteiger partial charge is 0.480 e. The van der Waals surface area contributed by atoms with Crippen molar-refractivity contribution in [2.75, 3.05) is 12.9 Å². The number of rotatable bonds is 9. The van der Waals surface area contributed by atoms with Gasteiger partial charge in [-0.25, -0.2) is 9.59 Å². The summed E-state index contributed by atoms with van der Waals surface area (Å²) in [6.45, 7) is 6.00. The van der Waals surface area contributed by atoms with Crippen LogP contribution in [0.5, 0.6) is 0 Å². The first kappa shape index (κ1) is 21.6. The van der Waals surface area contributed by atoms with E-state index >= 15 is 0 Å². The standard InChI is InChI=1S/C13H22N2O6S2/c1-7(16)14-9(11(18)19)6-22-23-13(3,4)10(12(20)21-5)15-8(2)17/h9-10H,6H2,1-5H3,(H,14,16)(H,15,17)(H,18,19). The zero-order chi connectivity index (χ0) is 18.2. The smallest absolute Gasteiger partial charge is 0.329 e. The van der Waals surface area contributed by atoms with Crippen molar-refractivity contribution >= 4 is 45.3 Å². The van der Waals surface area contributed by atoms with Crippen molar-refractivity contribution in [2.24, 2.45) is 0 Å². The number of hydrogen-bond acceptors (Lipinski definition) is 7. The molecule has 132 valence electrons. The molecule has 0 aromatic heterocycles. The lowest BCUT2D eigenvalue weighted by Gasteiger charge is -2.31. The monoisotopic (exact) mass is 366 g/mol. The molecule has 2 unspecified atom stereocenters. The van der Waals surface area contributed by atoms with Crippen LogP contribution in [0, 0.1) is 0 Å². The molecule has 0 saturated heterocycles. The third-order valence-electron chi connectivity index (χ3n) is 2.66. The zero-order valence-corrected chi connectivity index (χ0v) is 15.3. The third-order valence-corrected chi connectivity index (χ3v) is 5.97. The van der Waals surface area contributed by atoms with Crippen molar-refractivity contribution in [3.63, 3.8) is 0 Å². The van der Waals surface area contributed by atoms with E-state index in [1.165, 1.54) is 42.5 Å². The van der Waals surface area contributed by atoms with Gasteiger partial charge >= 0.3 is 11.9 Å². The Labute approximate surface area is 142 Å². The Kier molecular flexibility index (Phi) is 9.06. The van der Waals surface area contributed by atoms with Gasteiger partial charge in [0, 0.05) is 19.6 Å². The summed E-state index contributed by atoms with van der Waals surface area (Å²) < 4.78 is 3.94. The summed E-state index contributed by atoms with van der Waals surface area (Å²) in [6, 6.07) is -1.91. The Bertz CT molecular complexity index is 469. The number of carboxylic acid groups (broad SMARTS) is 1. The number of carbonyl (C=O) groups excluding carboxylic acids is 3. The Morgan fingerprint density at radius 2 is 1.65 bits per heavy atom. The van der Waals surface area contributed by atoms with Gasteiger partial charge in [0.1, 0.15) is 12.1 Å². The normalized spacial score (nSPS) is 13.6. The van der Waals surface area contributed by atoms with Gasteiger partial charge in [-0.1, -0.05) is 21.6 Å². The fourth-order valence-electron chi connectivity index (χ4n) is 1.56. The predicted molar refractivity (Wildman–Crippen MR) is 89.0 cm³/mol. The molecule has 10 heteroatoms. The summed E-state index contributed by atoms with van der Waals surface area (Å²) in [5, 5.41) is 13.9. The topological polar surface area (TPSA) is 122 Å². The van der Waals surface area contributed by atoms with Crippen LogP contribution in [0.3, 0.4) is 0 Å². The number of carboxylic acids is 1. The Morgan fingerprint density at radius 3 is 2.04 bits per heavy atom. The van der Waals surface area contributed by atoms with E-state index in [0.717, 1.165) is 0 Å². The van der Waals surface area contributed by atoms with Gasteiger partial charge in [-0.05, 0) is 13.8 Å². The summed E-state index contributed by atoms with van der Waals surface area (Å²) in [5.41, 5.74) is 0. The molecule has 0 saturated carbocycles. The lowest BCUT2D eigenvalue weighted by Crippen LogP contribution is -2.52. The van der Waals surface area contributed by atoms with Gasteiger partial charge in [0.05, 0.1) is 11.9 Å². The molecule has 0 radical (unpaired) electrons. The number of esters is 1. The number of methoxy groups -OCH3 is 1. The van der Waals surface area contributed by atoms with E-state index in [1.807, 2.05) is 0 Å². The van der Waals surface area contributed by atoms with Crippen LogP contribution in [0.25, 0.3) is 0 Å². The molecule has 0 fully saturated rings. The zero-order valence-electron chi connectivity index (χ0n) is 13.7. The number of amides is 2. The fourth-order valence-corrected chi connectivity index (χ4v) is 4.36. The second-order valence-electron chi connectivity index (χ2n) is 5.22. The maximum atomic E-state index is 11.8. The van der Waals surface area contributed by atoms with Gasteiger partial charge in [-0.3, -0.25) is 9.59 Å². The van der Waals surface area contributed by atoms with Gasteiger partial charge in [-0.2, -0.15) is 0 Å². The van der Waals surface area contributed by atoms with Crippen LogP contribution in [0.1, 0.15) is 27.7 Å². The molecule has 0 aromatic rings. The molecule has 2 amide bonds. The molecule has 0 aromatic carbocycles. The predicted octanol–water partition coefficient (Wildman–Crippen LogP) is 0.413. The van der Waals surface area contributed by atoms with E-state index in [1.54, 1.807) is 13.8 Å². The highest BCUT2D eigenvalue weighted by Gasteiger charge is 2.38. The van der Waals surface area contributed by atoms with Gasteiger partial charge in [0.25, 0.3) is 0 Å². The van der Waals surface area contributed by atoms with Crippen LogP contribution in [0.15, 0.2) is 0 Å². The minimum absolute atomic E-state index is 0.108. The van der Waals surface area contributed by atoms with E-state index in [-0.39, 0.29) is 11.7 Å². The maximum Gasteiger partial charge on any atom is 0.329 e. The molecule has 0 aliphatic heterocycles. The summed E-state index contributed by atoms with van der Waals surface area (Å²) in [4.78, 5) is 45.1. The Morgan fingerprint density at radius 1 is 1.13 bits per heavy atom. The first-order chi connectivity index (χ1) is 10.5. The van der Waals surface area contributed by atoms with Gasteiger partial charge in [0.2, 0.25) is 11.8 Å². The molecular formula is C13H22N2O6S2. The fraction of sp³-hybridized carbons (Fsp3) is 0.692. The minimum atomic E-state index is -1.14. The van der Waals surface area contributed by atoms with Crippen LogP contribution < -0.4 is 10.6 Å². The summed E-state index contributed by atoms with van der Waals surface area (Å²) >= 11 is 0. The number of nitrogens with one attached hydrogen (secondary N) is 2. The second kappa shape index (κ2) is 9.66. The van der Waals surface area contributed by atoms with Crippen LogP contribution in [0.2, 0.25) is 0 Å². The quantitative estimate of drug-likeness (QED) is 0.396. The second-order valence-corrected chi connectivity index (χ2v) is 8.21. The van der Waals surface area contributed by atoms with Crippen molar-refractivity contribution in [3.8, 4) is 0 Å². The van der Waals surface area contributed by atoms with E-state index < -0.39 is 34.7 Å². The molecule has 2 atom stereocenters. The van der Waals surface area contributed by atoms with Crippen LogP contribution >= 0.6 is 21.6 Å². The van der Waals surface area contributed by atoms with Crippen molar-refractivity contribution in [1.29, 1.82) is 0 Å². The molecule has 0 bridgehead atoms. The molecule has 0 spiro atoms. The number of aliphatic carboxylic acids is 1. The van der Waals surface area contributed by atoms with Crippen molar-refractivity contribution in [3.05, 3.63) is 0 Å². The lowest BCUT2D eigenvalue weighted by atomic mass is 10.0. The molecule has 0 rings (SSSR count). The average molecular weight is 366 g/mol. The molecule has 23 heavy (non-hydrogen) atoms. The molecule has 0 aliphatic carbocycles. The molecule has 0 aliphatic rings. The van der Waals surface area contributed by atoms with E-state index in [9.17, 15) is 19.2 Å². The minimum Gasteiger partial charge on any atom is -0.480 e. The van der Waals surface area contributed by atoms with Gasteiger partial charge < -0.3 is 20.5 Å². The SMILES string of the molecule is COC(=O)C(NC(C)=O)C(C)(C)SSCC(NC(C)=O)C(=O)O. The number of ether oxygens (including phenoxy) is 1. The summed E-state index contributed by atoms with van der Waals surface area (Å²) in [5.74, 6) is -2.43. The van der Waals surface area contributed by atoms with E-state index in [4.69, 9.17) is 9.84 Å². The Hall–Kier alpha value is -1.42. The Balaban J connectivity index is 4.80. The maximum absolute atomic E-state index is 11.8. The van der Waals surface area contributed by atoms with Crippen molar-refractivity contribution in [2.45, 2.75) is 44.5 Å².